The van der Waals surface area contributed by atoms with Gasteiger partial charge in [-0.1, -0.05) is 0 Å². The second-order valence-corrected chi connectivity index (χ2v) is 5.63. The number of esters is 2. The maximum atomic E-state index is 13.1. The third-order valence-corrected chi connectivity index (χ3v) is 3.65. The van der Waals surface area contributed by atoms with Gasteiger partial charge in [0.25, 0.3) is 0 Å². The number of halogens is 1. The number of alkyl halides is 1. The number of hydrogen-bond acceptors (Lipinski definition) is 5. The van der Waals surface area contributed by atoms with Gasteiger partial charge in [0.15, 0.2) is 18.5 Å². The first kappa shape index (κ1) is 14.0. The Morgan fingerprint density at radius 2 is 2.05 bits per heavy atom. The molecule has 0 radical (unpaired) electrons. The van der Waals surface area contributed by atoms with E-state index in [0.717, 1.165) is 33.1 Å². The molecule has 2 saturated carbocycles. The van der Waals surface area contributed by atoms with Crippen LogP contribution in [0.3, 0.4) is 0 Å². The van der Waals surface area contributed by atoms with Crippen LogP contribution in [0.25, 0.3) is 0 Å². The van der Waals surface area contributed by atoms with Gasteiger partial charge in [-0.25, -0.2) is 14.0 Å². The second-order valence-electron chi connectivity index (χ2n) is 5.63. The fourth-order valence-electron chi connectivity index (χ4n) is 2.64. The van der Waals surface area contributed by atoms with Crippen molar-refractivity contribution in [3.63, 3.8) is 0 Å². The predicted molar refractivity (Wildman–Crippen MR) is 61.9 cm³/mol. The van der Waals surface area contributed by atoms with E-state index in [1.54, 1.807) is 0 Å². The van der Waals surface area contributed by atoms with E-state index in [4.69, 9.17) is 4.74 Å². The molecule has 0 amide bonds. The Morgan fingerprint density at radius 1 is 1.37 bits per heavy atom. The van der Waals surface area contributed by atoms with E-state index >= 15 is 0 Å². The summed E-state index contributed by atoms with van der Waals surface area (Å²) in [4.78, 5) is 34.4. The van der Waals surface area contributed by atoms with Crippen LogP contribution >= 0.6 is 0 Å². The van der Waals surface area contributed by atoms with Crippen molar-refractivity contribution in [3.05, 3.63) is 0 Å². The third-order valence-electron chi connectivity index (χ3n) is 3.65. The molecule has 3 atom stereocenters. The summed E-state index contributed by atoms with van der Waals surface area (Å²) in [7, 11) is 0. The summed E-state index contributed by atoms with van der Waals surface area (Å²) in [6.45, 7) is 1.42. The summed E-state index contributed by atoms with van der Waals surface area (Å²) < 4.78 is 22.7. The van der Waals surface area contributed by atoms with E-state index in [1.165, 1.54) is 0 Å². The molecular formula is C13H17FO5. The Morgan fingerprint density at radius 3 is 2.58 bits per heavy atom. The molecule has 2 fully saturated rings. The van der Waals surface area contributed by atoms with Crippen molar-refractivity contribution in [1.29, 1.82) is 0 Å². The lowest BCUT2D eigenvalue weighted by Crippen LogP contribution is -2.35. The highest BCUT2D eigenvalue weighted by Gasteiger charge is 2.49. The van der Waals surface area contributed by atoms with Crippen LogP contribution in [0, 0.1) is 11.8 Å². The number of ketones is 1. The first-order valence-electron chi connectivity index (χ1n) is 6.38. The first-order valence-corrected chi connectivity index (χ1v) is 6.38. The van der Waals surface area contributed by atoms with Crippen LogP contribution in [0.1, 0.15) is 33.1 Å². The van der Waals surface area contributed by atoms with Gasteiger partial charge in [0.1, 0.15) is 0 Å². The fraction of sp³-hybridized carbons (Fsp3) is 0.769. The summed E-state index contributed by atoms with van der Waals surface area (Å²) in [6.07, 6.45) is 1.81. The zero-order valence-electron chi connectivity index (χ0n) is 11.0. The predicted octanol–water partition coefficient (Wildman–Crippen LogP) is 1.19. The lowest BCUT2D eigenvalue weighted by molar-refractivity contribution is -0.170. The SMILES string of the molecule is CC(C)(F)C(=O)OCC(=O)OC1C(=O)C2CCC1C2. The minimum atomic E-state index is -2.15. The molecular weight excluding hydrogens is 255 g/mol. The van der Waals surface area contributed by atoms with E-state index < -0.39 is 30.3 Å². The van der Waals surface area contributed by atoms with Gasteiger partial charge < -0.3 is 9.47 Å². The van der Waals surface area contributed by atoms with E-state index in [0.29, 0.717) is 0 Å². The van der Waals surface area contributed by atoms with E-state index in [9.17, 15) is 18.8 Å². The normalized spacial score (nSPS) is 29.4. The summed E-state index contributed by atoms with van der Waals surface area (Å²) in [5.41, 5.74) is -2.15. The van der Waals surface area contributed by atoms with Gasteiger partial charge in [-0.2, -0.15) is 0 Å². The molecule has 0 aromatic rings. The Labute approximate surface area is 110 Å². The molecule has 2 aliphatic rings. The number of carbonyl (C=O) groups excluding carboxylic acids is 3. The van der Waals surface area contributed by atoms with Crippen molar-refractivity contribution in [1.82, 2.24) is 0 Å². The van der Waals surface area contributed by atoms with Gasteiger partial charge in [0.2, 0.25) is 5.67 Å². The van der Waals surface area contributed by atoms with Gasteiger partial charge in [-0.3, -0.25) is 4.79 Å². The van der Waals surface area contributed by atoms with Crippen molar-refractivity contribution >= 4 is 17.7 Å². The number of fused-ring (bicyclic) bond motifs is 2. The lowest BCUT2D eigenvalue weighted by atomic mass is 9.96. The molecule has 0 aromatic carbocycles. The largest absolute Gasteiger partial charge is 0.452 e. The zero-order valence-corrected chi connectivity index (χ0v) is 11.0. The second kappa shape index (κ2) is 4.90. The van der Waals surface area contributed by atoms with E-state index in [-0.39, 0.29) is 17.6 Å². The fourth-order valence-corrected chi connectivity index (χ4v) is 2.64. The van der Waals surface area contributed by atoms with Crippen LogP contribution < -0.4 is 0 Å². The molecule has 5 nitrogen and oxygen atoms in total. The molecule has 2 rings (SSSR count). The summed E-state index contributed by atoms with van der Waals surface area (Å²) in [5, 5.41) is 0. The van der Waals surface area contributed by atoms with Gasteiger partial charge in [0.05, 0.1) is 0 Å². The van der Waals surface area contributed by atoms with Crippen LogP contribution in [0.15, 0.2) is 0 Å². The number of Topliss-reactive ketones (excluding diaryl/α,β-unsaturated/α-hetero) is 1. The number of ether oxygens (including phenoxy) is 2. The average molecular weight is 272 g/mol. The summed E-state index contributed by atoms with van der Waals surface area (Å²) in [6, 6.07) is 0. The van der Waals surface area contributed by atoms with Crippen molar-refractivity contribution in [2.24, 2.45) is 11.8 Å². The van der Waals surface area contributed by atoms with Crippen molar-refractivity contribution in [3.8, 4) is 0 Å². The first-order chi connectivity index (χ1) is 8.79. The number of hydrogen-bond donors (Lipinski definition) is 0. The van der Waals surface area contributed by atoms with Gasteiger partial charge in [-0.05, 0) is 33.1 Å². The maximum absolute atomic E-state index is 13.1. The highest BCUT2D eigenvalue weighted by atomic mass is 19.1. The van der Waals surface area contributed by atoms with E-state index in [1.807, 2.05) is 0 Å². The Bertz CT molecular complexity index is 412. The van der Waals surface area contributed by atoms with Crippen molar-refractivity contribution in [2.45, 2.75) is 44.9 Å². The Hall–Kier alpha value is -1.46. The van der Waals surface area contributed by atoms with Crippen LogP contribution in [-0.4, -0.2) is 36.1 Å². The summed E-state index contributed by atoms with van der Waals surface area (Å²) >= 11 is 0. The molecule has 0 saturated heterocycles. The molecule has 0 aromatic heterocycles. The molecule has 6 heteroatoms. The van der Waals surface area contributed by atoms with Crippen LogP contribution in [0.5, 0.6) is 0 Å². The molecule has 19 heavy (non-hydrogen) atoms. The topological polar surface area (TPSA) is 69.7 Å². The smallest absolute Gasteiger partial charge is 0.345 e. The van der Waals surface area contributed by atoms with Crippen molar-refractivity contribution in [2.75, 3.05) is 6.61 Å². The highest BCUT2D eigenvalue weighted by molar-refractivity contribution is 5.91. The molecule has 0 heterocycles. The zero-order chi connectivity index (χ0) is 14.2. The standard InChI is InChI=1S/C13H17FO5/c1-13(2,14)12(17)18-6-9(15)19-11-8-4-3-7(5-8)10(11)16/h7-8,11H,3-6H2,1-2H3. The molecule has 0 spiro atoms. The molecule has 2 bridgehead atoms. The molecule has 0 N–H and O–H groups in total. The van der Waals surface area contributed by atoms with Crippen LogP contribution in [-0.2, 0) is 23.9 Å². The van der Waals surface area contributed by atoms with Gasteiger partial charge in [-0.15, -0.1) is 0 Å². The van der Waals surface area contributed by atoms with E-state index in [2.05, 4.69) is 4.74 Å². The van der Waals surface area contributed by atoms with Crippen LogP contribution in [0.4, 0.5) is 4.39 Å². The molecule has 0 aliphatic heterocycles. The summed E-state index contributed by atoms with van der Waals surface area (Å²) in [5.74, 6) is -1.86. The lowest BCUT2D eigenvalue weighted by Gasteiger charge is -2.21. The van der Waals surface area contributed by atoms with Crippen LogP contribution in [0.2, 0.25) is 0 Å². The molecule has 3 unspecified atom stereocenters. The monoisotopic (exact) mass is 272 g/mol. The minimum Gasteiger partial charge on any atom is -0.452 e. The Balaban J connectivity index is 1.79. The van der Waals surface area contributed by atoms with Gasteiger partial charge >= 0.3 is 11.9 Å². The minimum absolute atomic E-state index is 0.00938. The number of carbonyl (C=O) groups is 3. The number of rotatable bonds is 4. The maximum Gasteiger partial charge on any atom is 0.345 e. The highest BCUT2D eigenvalue weighted by Crippen LogP contribution is 2.43. The van der Waals surface area contributed by atoms with Gasteiger partial charge in [0, 0.05) is 11.8 Å². The van der Waals surface area contributed by atoms with Crippen molar-refractivity contribution < 1.29 is 28.2 Å². The Kier molecular flexibility index (Phi) is 3.60. The third kappa shape index (κ3) is 2.93. The quantitative estimate of drug-likeness (QED) is 0.719. The molecule has 2 aliphatic carbocycles. The molecule has 106 valence electrons. The average Bonchev–Trinajstić information content (AvgIpc) is 2.88.